The fraction of sp³-hybridized carbons (Fsp3) is 0.250. The predicted octanol–water partition coefficient (Wildman–Crippen LogP) is 3.42. The number of benzene rings is 2. The highest BCUT2D eigenvalue weighted by atomic mass is 32.2. The number of rotatable bonds is 6. The van der Waals surface area contributed by atoms with E-state index in [2.05, 4.69) is 0 Å². The van der Waals surface area contributed by atoms with Crippen LogP contribution >= 0.6 is 0 Å². The second-order valence-corrected chi connectivity index (χ2v) is 6.08. The molecule has 0 aliphatic heterocycles. The van der Waals surface area contributed by atoms with Crippen molar-refractivity contribution < 1.29 is 17.3 Å². The van der Waals surface area contributed by atoms with Gasteiger partial charge < -0.3 is 8.92 Å². The molecule has 21 heavy (non-hydrogen) atoms. The molecule has 2 aromatic carbocycles. The molecule has 0 aliphatic carbocycles. The molecule has 0 amide bonds. The zero-order valence-electron chi connectivity index (χ0n) is 12.1. The van der Waals surface area contributed by atoms with Gasteiger partial charge in [-0.1, -0.05) is 37.6 Å². The lowest BCUT2D eigenvalue weighted by atomic mass is 10.1. The summed E-state index contributed by atoms with van der Waals surface area (Å²) in [6, 6.07) is 13.3. The minimum Gasteiger partial charge on any atom is -0.496 e. The van der Waals surface area contributed by atoms with Crippen LogP contribution < -0.4 is 8.92 Å². The SMILES string of the molecule is CCCc1c(OC)cccc1OS(=O)(=O)c1ccccc1. The van der Waals surface area contributed by atoms with Gasteiger partial charge >= 0.3 is 10.1 Å². The van der Waals surface area contributed by atoms with Gasteiger partial charge in [-0.15, -0.1) is 0 Å². The normalized spacial score (nSPS) is 11.1. The van der Waals surface area contributed by atoms with E-state index in [1.165, 1.54) is 12.1 Å². The highest BCUT2D eigenvalue weighted by Crippen LogP contribution is 2.31. The largest absolute Gasteiger partial charge is 0.496 e. The van der Waals surface area contributed by atoms with Gasteiger partial charge in [0.2, 0.25) is 0 Å². The van der Waals surface area contributed by atoms with Gasteiger partial charge in [0.05, 0.1) is 7.11 Å². The molecule has 0 unspecified atom stereocenters. The van der Waals surface area contributed by atoms with E-state index in [0.29, 0.717) is 17.9 Å². The summed E-state index contributed by atoms with van der Waals surface area (Å²) in [5.74, 6) is 0.956. The zero-order valence-corrected chi connectivity index (χ0v) is 12.9. The fourth-order valence-electron chi connectivity index (χ4n) is 2.06. The Kier molecular flexibility index (Phi) is 4.85. The molecule has 0 heterocycles. The Morgan fingerprint density at radius 3 is 2.24 bits per heavy atom. The molecule has 0 saturated heterocycles. The molecule has 0 aromatic heterocycles. The maximum atomic E-state index is 12.3. The molecule has 112 valence electrons. The zero-order chi connectivity index (χ0) is 15.3. The van der Waals surface area contributed by atoms with Gasteiger partial charge in [0.1, 0.15) is 16.4 Å². The minimum atomic E-state index is -3.83. The first-order chi connectivity index (χ1) is 10.1. The lowest BCUT2D eigenvalue weighted by molar-refractivity contribution is 0.404. The molecule has 5 heteroatoms. The van der Waals surface area contributed by atoms with E-state index in [1.807, 2.05) is 6.92 Å². The maximum Gasteiger partial charge on any atom is 0.339 e. The minimum absolute atomic E-state index is 0.135. The van der Waals surface area contributed by atoms with Crippen LogP contribution in [0.2, 0.25) is 0 Å². The molecule has 2 aromatic rings. The van der Waals surface area contributed by atoms with Crippen molar-refractivity contribution in [2.75, 3.05) is 7.11 Å². The first kappa shape index (κ1) is 15.4. The molecule has 0 radical (unpaired) electrons. The summed E-state index contributed by atoms with van der Waals surface area (Å²) >= 11 is 0. The number of ether oxygens (including phenoxy) is 1. The molecule has 0 spiro atoms. The van der Waals surface area contributed by atoms with Gasteiger partial charge in [0, 0.05) is 5.56 Å². The van der Waals surface area contributed by atoms with Crippen molar-refractivity contribution in [2.24, 2.45) is 0 Å². The summed E-state index contributed by atoms with van der Waals surface area (Å²) < 4.78 is 35.2. The summed E-state index contributed by atoms with van der Waals surface area (Å²) in [6.45, 7) is 2.02. The smallest absolute Gasteiger partial charge is 0.339 e. The summed E-state index contributed by atoms with van der Waals surface area (Å²) in [5.41, 5.74) is 0.766. The van der Waals surface area contributed by atoms with Crippen LogP contribution in [0.5, 0.6) is 11.5 Å². The van der Waals surface area contributed by atoms with Crippen molar-refractivity contribution in [3.63, 3.8) is 0 Å². The van der Waals surface area contributed by atoms with Crippen LogP contribution in [0.4, 0.5) is 0 Å². The van der Waals surface area contributed by atoms with Gasteiger partial charge in [0.25, 0.3) is 0 Å². The molecule has 0 atom stereocenters. The molecule has 2 rings (SSSR count). The second kappa shape index (κ2) is 6.63. The molecule has 0 bridgehead atoms. The van der Waals surface area contributed by atoms with Crippen molar-refractivity contribution in [3.05, 3.63) is 54.1 Å². The van der Waals surface area contributed by atoms with Crippen LogP contribution in [-0.4, -0.2) is 15.5 Å². The van der Waals surface area contributed by atoms with E-state index in [4.69, 9.17) is 8.92 Å². The highest BCUT2D eigenvalue weighted by Gasteiger charge is 2.19. The first-order valence-electron chi connectivity index (χ1n) is 6.74. The Labute approximate surface area is 125 Å². The Balaban J connectivity index is 2.40. The Morgan fingerprint density at radius 2 is 1.62 bits per heavy atom. The number of hydrogen-bond acceptors (Lipinski definition) is 4. The average Bonchev–Trinajstić information content (AvgIpc) is 2.50. The quantitative estimate of drug-likeness (QED) is 0.767. The van der Waals surface area contributed by atoms with Crippen LogP contribution in [0.15, 0.2) is 53.4 Å². The van der Waals surface area contributed by atoms with E-state index in [1.54, 1.807) is 43.5 Å². The summed E-state index contributed by atoms with van der Waals surface area (Å²) in [4.78, 5) is 0.135. The van der Waals surface area contributed by atoms with E-state index < -0.39 is 10.1 Å². The van der Waals surface area contributed by atoms with Gasteiger partial charge in [-0.25, -0.2) is 0 Å². The van der Waals surface area contributed by atoms with E-state index in [9.17, 15) is 8.42 Å². The Morgan fingerprint density at radius 1 is 0.952 bits per heavy atom. The lowest BCUT2D eigenvalue weighted by Gasteiger charge is -2.14. The van der Waals surface area contributed by atoms with Crippen LogP contribution in [-0.2, 0) is 16.5 Å². The van der Waals surface area contributed by atoms with Crippen molar-refractivity contribution >= 4 is 10.1 Å². The molecule has 0 saturated carbocycles. The third kappa shape index (κ3) is 3.55. The van der Waals surface area contributed by atoms with Crippen LogP contribution in [0.1, 0.15) is 18.9 Å². The number of methoxy groups -OCH3 is 1. The second-order valence-electron chi connectivity index (χ2n) is 4.54. The Hall–Kier alpha value is -2.01. The van der Waals surface area contributed by atoms with Crippen LogP contribution in [0.3, 0.4) is 0 Å². The molecule has 4 nitrogen and oxygen atoms in total. The molecule has 0 fully saturated rings. The van der Waals surface area contributed by atoms with Gasteiger partial charge in [-0.2, -0.15) is 8.42 Å². The molecular weight excluding hydrogens is 288 g/mol. The average molecular weight is 306 g/mol. The summed E-state index contributed by atoms with van der Waals surface area (Å²) in [6.07, 6.45) is 1.55. The maximum absolute atomic E-state index is 12.3. The predicted molar refractivity (Wildman–Crippen MR) is 81.2 cm³/mol. The van der Waals surface area contributed by atoms with Gasteiger partial charge in [0.15, 0.2) is 0 Å². The molecule has 0 aliphatic rings. The monoisotopic (exact) mass is 306 g/mol. The lowest BCUT2D eigenvalue weighted by Crippen LogP contribution is -2.11. The standard InChI is InChI=1S/C16H18O4S/c1-3-8-14-15(19-2)11-7-12-16(14)20-21(17,18)13-9-5-4-6-10-13/h4-7,9-12H,3,8H2,1-2H3. The number of hydrogen-bond donors (Lipinski definition) is 0. The third-order valence-corrected chi connectivity index (χ3v) is 4.29. The Bertz CT molecular complexity index is 693. The first-order valence-corrected chi connectivity index (χ1v) is 8.14. The third-order valence-electron chi connectivity index (χ3n) is 3.04. The van der Waals surface area contributed by atoms with Crippen molar-refractivity contribution in [2.45, 2.75) is 24.7 Å². The molecular formula is C16H18O4S. The van der Waals surface area contributed by atoms with Crippen molar-refractivity contribution in [3.8, 4) is 11.5 Å². The van der Waals surface area contributed by atoms with E-state index >= 15 is 0 Å². The summed E-state index contributed by atoms with van der Waals surface area (Å²) in [7, 11) is -2.28. The molecule has 0 N–H and O–H groups in total. The van der Waals surface area contributed by atoms with E-state index in [0.717, 1.165) is 12.0 Å². The van der Waals surface area contributed by atoms with Crippen molar-refractivity contribution in [1.29, 1.82) is 0 Å². The van der Waals surface area contributed by atoms with Gasteiger partial charge in [-0.05, 0) is 30.7 Å². The van der Waals surface area contributed by atoms with Crippen LogP contribution in [0, 0.1) is 0 Å². The highest BCUT2D eigenvalue weighted by molar-refractivity contribution is 7.87. The fourth-order valence-corrected chi connectivity index (χ4v) is 3.04. The van der Waals surface area contributed by atoms with E-state index in [-0.39, 0.29) is 4.90 Å². The van der Waals surface area contributed by atoms with Crippen LogP contribution in [0.25, 0.3) is 0 Å². The summed E-state index contributed by atoms with van der Waals surface area (Å²) in [5, 5.41) is 0. The van der Waals surface area contributed by atoms with Gasteiger partial charge in [-0.3, -0.25) is 0 Å². The topological polar surface area (TPSA) is 52.6 Å². The van der Waals surface area contributed by atoms with Crippen molar-refractivity contribution in [1.82, 2.24) is 0 Å².